The van der Waals surface area contributed by atoms with Gasteiger partial charge in [0.1, 0.15) is 18.5 Å². The molecular weight excluding hydrogens is 508 g/mol. The van der Waals surface area contributed by atoms with Crippen molar-refractivity contribution in [1.29, 1.82) is 0 Å². The van der Waals surface area contributed by atoms with E-state index in [1.807, 2.05) is 19.1 Å². The van der Waals surface area contributed by atoms with Crippen LogP contribution in [0.5, 0.6) is 5.75 Å². The smallest absolute Gasteiger partial charge is 0.303 e. The number of aryl methyl sites for hydroxylation is 2. The SMILES string of the molecule is CCCCCCCCC(O)(/C=C/c1ccc(C(CC)(CC)c2ccc(OC[C@H](C)OC(C)=O)c(C)c2)cc1C)CC. The summed E-state index contributed by atoms with van der Waals surface area (Å²) in [7, 11) is 0. The van der Waals surface area contributed by atoms with Crippen molar-refractivity contribution in [2.24, 2.45) is 0 Å². The van der Waals surface area contributed by atoms with E-state index in [-0.39, 0.29) is 17.5 Å². The van der Waals surface area contributed by atoms with Gasteiger partial charge in [0.05, 0.1) is 5.60 Å². The van der Waals surface area contributed by atoms with E-state index in [9.17, 15) is 9.90 Å². The Morgan fingerprint density at radius 2 is 1.49 bits per heavy atom. The summed E-state index contributed by atoms with van der Waals surface area (Å²) in [6.45, 7) is 16.7. The molecule has 0 bridgehead atoms. The molecule has 41 heavy (non-hydrogen) atoms. The van der Waals surface area contributed by atoms with Gasteiger partial charge in [-0.2, -0.15) is 0 Å². The van der Waals surface area contributed by atoms with E-state index in [2.05, 4.69) is 78.0 Å². The third-order valence-corrected chi connectivity index (χ3v) is 8.75. The van der Waals surface area contributed by atoms with E-state index in [0.29, 0.717) is 6.61 Å². The van der Waals surface area contributed by atoms with E-state index in [4.69, 9.17) is 9.47 Å². The number of rotatable bonds is 18. The van der Waals surface area contributed by atoms with Crippen molar-refractivity contribution in [3.8, 4) is 5.75 Å². The number of unbranched alkanes of at least 4 members (excludes halogenated alkanes) is 5. The highest BCUT2D eigenvalue weighted by molar-refractivity contribution is 5.66. The lowest BCUT2D eigenvalue weighted by Gasteiger charge is -2.34. The molecule has 2 rings (SSSR count). The first-order valence-electron chi connectivity index (χ1n) is 16.0. The maximum atomic E-state index is 11.2. The minimum Gasteiger partial charge on any atom is -0.489 e. The highest BCUT2D eigenvalue weighted by Crippen LogP contribution is 2.41. The maximum absolute atomic E-state index is 11.2. The third kappa shape index (κ3) is 10.0. The molecule has 1 N–H and O–H groups in total. The van der Waals surface area contributed by atoms with E-state index in [1.165, 1.54) is 55.7 Å². The molecule has 2 aromatic rings. The highest BCUT2D eigenvalue weighted by Gasteiger charge is 2.31. The van der Waals surface area contributed by atoms with Gasteiger partial charge in [-0.3, -0.25) is 4.79 Å². The number of benzene rings is 2. The molecule has 0 amide bonds. The Morgan fingerprint density at radius 3 is 2.05 bits per heavy atom. The Hall–Kier alpha value is -2.59. The number of aliphatic hydroxyl groups is 1. The molecule has 0 radical (unpaired) electrons. The zero-order chi connectivity index (χ0) is 30.5. The molecule has 0 saturated heterocycles. The summed E-state index contributed by atoms with van der Waals surface area (Å²) < 4.78 is 11.2. The van der Waals surface area contributed by atoms with Crippen LogP contribution >= 0.6 is 0 Å². The molecule has 0 aliphatic heterocycles. The maximum Gasteiger partial charge on any atom is 0.303 e. The molecule has 1 unspecified atom stereocenters. The molecule has 0 aromatic heterocycles. The van der Waals surface area contributed by atoms with E-state index in [1.54, 1.807) is 0 Å². The van der Waals surface area contributed by atoms with Gasteiger partial charge in [0.15, 0.2) is 0 Å². The molecule has 0 heterocycles. The Morgan fingerprint density at radius 1 is 0.878 bits per heavy atom. The van der Waals surface area contributed by atoms with Crippen molar-refractivity contribution in [3.05, 3.63) is 70.3 Å². The van der Waals surface area contributed by atoms with Gasteiger partial charge in [-0.05, 0) is 80.3 Å². The average Bonchev–Trinajstić information content (AvgIpc) is 2.94. The molecule has 4 nitrogen and oxygen atoms in total. The lowest BCUT2D eigenvalue weighted by Crippen LogP contribution is -2.26. The first-order valence-corrected chi connectivity index (χ1v) is 16.0. The summed E-state index contributed by atoms with van der Waals surface area (Å²) in [5.41, 5.74) is 5.19. The molecule has 0 aliphatic carbocycles. The van der Waals surface area contributed by atoms with Crippen molar-refractivity contribution >= 4 is 12.0 Å². The third-order valence-electron chi connectivity index (χ3n) is 8.75. The summed E-state index contributed by atoms with van der Waals surface area (Å²) in [4.78, 5) is 11.2. The minimum atomic E-state index is -0.746. The van der Waals surface area contributed by atoms with Crippen molar-refractivity contribution in [2.75, 3.05) is 6.61 Å². The number of hydrogen-bond acceptors (Lipinski definition) is 4. The Labute approximate surface area is 250 Å². The monoisotopic (exact) mass is 564 g/mol. The quantitative estimate of drug-likeness (QED) is 0.145. The van der Waals surface area contributed by atoms with Crippen molar-refractivity contribution < 1.29 is 19.4 Å². The number of esters is 1. The Kier molecular flexibility index (Phi) is 14.1. The van der Waals surface area contributed by atoms with Gasteiger partial charge in [-0.15, -0.1) is 0 Å². The predicted octanol–water partition coefficient (Wildman–Crippen LogP) is 9.64. The molecule has 0 saturated carbocycles. The zero-order valence-electron chi connectivity index (χ0n) is 27.1. The van der Waals surface area contributed by atoms with Gasteiger partial charge < -0.3 is 14.6 Å². The topological polar surface area (TPSA) is 55.8 Å². The van der Waals surface area contributed by atoms with Crippen molar-refractivity contribution in [3.63, 3.8) is 0 Å². The minimum absolute atomic E-state index is 0.108. The zero-order valence-corrected chi connectivity index (χ0v) is 27.1. The number of carbonyl (C=O) groups excluding carboxylic acids is 1. The second kappa shape index (κ2) is 16.8. The van der Waals surface area contributed by atoms with Crippen LogP contribution in [0.4, 0.5) is 0 Å². The summed E-state index contributed by atoms with van der Waals surface area (Å²) in [5.74, 6) is 0.518. The second-order valence-corrected chi connectivity index (χ2v) is 11.9. The summed E-state index contributed by atoms with van der Waals surface area (Å²) in [5, 5.41) is 11.2. The molecule has 0 aliphatic rings. The van der Waals surface area contributed by atoms with Crippen molar-refractivity contribution in [1.82, 2.24) is 0 Å². The molecule has 2 aromatic carbocycles. The van der Waals surface area contributed by atoms with Crippen LogP contribution in [0.2, 0.25) is 0 Å². The normalized spacial score (nSPS) is 14.2. The van der Waals surface area contributed by atoms with E-state index >= 15 is 0 Å². The second-order valence-electron chi connectivity index (χ2n) is 11.9. The Balaban J connectivity index is 2.21. The number of ether oxygens (including phenoxy) is 2. The van der Waals surface area contributed by atoms with Crippen LogP contribution < -0.4 is 4.74 Å². The van der Waals surface area contributed by atoms with Crippen LogP contribution in [0.1, 0.15) is 134 Å². The highest BCUT2D eigenvalue weighted by atomic mass is 16.6. The van der Waals surface area contributed by atoms with Crippen LogP contribution in [-0.4, -0.2) is 29.4 Å². The van der Waals surface area contributed by atoms with Gasteiger partial charge >= 0.3 is 5.97 Å². The first-order chi connectivity index (χ1) is 19.5. The van der Waals surface area contributed by atoms with Crippen LogP contribution in [0.3, 0.4) is 0 Å². The molecule has 2 atom stereocenters. The van der Waals surface area contributed by atoms with Crippen LogP contribution in [-0.2, 0) is 14.9 Å². The van der Waals surface area contributed by atoms with E-state index < -0.39 is 5.60 Å². The van der Waals surface area contributed by atoms with Gasteiger partial charge in [-0.1, -0.05) is 109 Å². The number of hydrogen-bond donors (Lipinski definition) is 1. The standard InChI is InChI=1S/C37H56O4/c1-9-13-14-15-16-17-23-36(39,10-2)24-22-32-18-19-33(25-28(32)5)37(11-3,12-4)34-20-21-35(29(6)26-34)40-27-30(7)41-31(8)38/h18-22,24-26,30,39H,9-17,23,27H2,1-8H3/b24-22+/t30-,36?/m0/s1. The van der Waals surface area contributed by atoms with Gasteiger partial charge in [-0.25, -0.2) is 0 Å². The van der Waals surface area contributed by atoms with Crippen LogP contribution in [0.25, 0.3) is 6.08 Å². The molecule has 0 spiro atoms. The van der Waals surface area contributed by atoms with Crippen molar-refractivity contribution in [2.45, 2.75) is 137 Å². The van der Waals surface area contributed by atoms with Gasteiger partial charge in [0, 0.05) is 12.3 Å². The first kappa shape index (κ1) is 34.6. The van der Waals surface area contributed by atoms with Gasteiger partial charge in [0.2, 0.25) is 0 Å². The molecular formula is C37H56O4. The number of carbonyl (C=O) groups is 1. The fourth-order valence-electron chi connectivity index (χ4n) is 5.86. The Bertz CT molecular complexity index is 1110. The summed E-state index contributed by atoms with van der Waals surface area (Å²) >= 11 is 0. The van der Waals surface area contributed by atoms with E-state index in [0.717, 1.165) is 49.0 Å². The molecule has 0 fully saturated rings. The fourth-order valence-corrected chi connectivity index (χ4v) is 5.86. The molecule has 228 valence electrons. The van der Waals surface area contributed by atoms with Gasteiger partial charge in [0.25, 0.3) is 0 Å². The largest absolute Gasteiger partial charge is 0.489 e. The summed E-state index contributed by atoms with van der Waals surface area (Å²) in [6.07, 6.45) is 14.8. The average molecular weight is 565 g/mol. The van der Waals surface area contributed by atoms with Crippen LogP contribution in [0.15, 0.2) is 42.5 Å². The molecule has 4 heteroatoms. The predicted molar refractivity (Wildman–Crippen MR) is 173 cm³/mol. The van der Waals surface area contributed by atoms with Crippen LogP contribution in [0, 0.1) is 13.8 Å². The lowest BCUT2D eigenvalue weighted by atomic mass is 9.70. The lowest BCUT2D eigenvalue weighted by molar-refractivity contribution is -0.146. The fraction of sp³-hybridized carbons (Fsp3) is 0.595. The summed E-state index contributed by atoms with van der Waals surface area (Å²) in [6, 6.07) is 13.3.